The first-order chi connectivity index (χ1) is 11.0. The fourth-order valence-corrected chi connectivity index (χ4v) is 5.51. The molecule has 0 aliphatic carbocycles. The minimum atomic E-state index is -3.66. The summed E-state index contributed by atoms with van der Waals surface area (Å²) in [5.74, 6) is 0.216. The molecule has 122 valence electrons. The molecule has 4 rings (SSSR count). The maximum Gasteiger partial charge on any atom is 0.298 e. The van der Waals surface area contributed by atoms with Gasteiger partial charge in [-0.2, -0.15) is 8.42 Å². The van der Waals surface area contributed by atoms with Gasteiger partial charge in [-0.3, -0.25) is 4.31 Å². The third-order valence-corrected chi connectivity index (χ3v) is 6.64. The molecule has 0 unspecified atom stereocenters. The Labute approximate surface area is 136 Å². The monoisotopic (exact) mass is 332 g/mol. The lowest BCUT2D eigenvalue weighted by Gasteiger charge is -2.36. The predicted octanol–water partition coefficient (Wildman–Crippen LogP) is 2.58. The third kappa shape index (κ3) is 2.20. The summed E-state index contributed by atoms with van der Waals surface area (Å²) in [5.41, 5.74) is 3.10. The van der Waals surface area contributed by atoms with Crippen LogP contribution in [0.1, 0.15) is 23.5 Å². The Morgan fingerprint density at radius 3 is 2.83 bits per heavy atom. The summed E-state index contributed by atoms with van der Waals surface area (Å²) in [6, 6.07) is 9.15. The van der Waals surface area contributed by atoms with Gasteiger partial charge in [-0.05, 0) is 50.7 Å². The standard InChI is InChI=1S/C17H20N2O3S/c1-12-5-6-15-13(10-12)14-11-18(2)8-7-16(14)19(15)23(20,21)17-4-3-9-22-17/h3-6,9-10,14,16H,7-8,11H2,1-2H3/t14-,16-/m0/s1. The van der Waals surface area contributed by atoms with E-state index in [2.05, 4.69) is 18.0 Å². The molecular formula is C17H20N2O3S. The number of likely N-dealkylation sites (tertiary alicyclic amines) is 1. The van der Waals surface area contributed by atoms with Crippen LogP contribution in [-0.4, -0.2) is 39.5 Å². The van der Waals surface area contributed by atoms with E-state index in [-0.39, 0.29) is 17.1 Å². The average Bonchev–Trinajstić information content (AvgIpc) is 3.13. The molecular weight excluding hydrogens is 312 g/mol. The summed E-state index contributed by atoms with van der Waals surface area (Å²) < 4.78 is 33.0. The topological polar surface area (TPSA) is 53.8 Å². The lowest BCUT2D eigenvalue weighted by atomic mass is 9.89. The van der Waals surface area contributed by atoms with Crippen molar-refractivity contribution >= 4 is 15.7 Å². The lowest BCUT2D eigenvalue weighted by molar-refractivity contribution is 0.237. The molecule has 0 amide bonds. The van der Waals surface area contributed by atoms with Crippen molar-refractivity contribution in [3.63, 3.8) is 0 Å². The van der Waals surface area contributed by atoms with Crippen LogP contribution in [0.5, 0.6) is 0 Å². The summed E-state index contributed by atoms with van der Waals surface area (Å²) in [6.45, 7) is 3.83. The van der Waals surface area contributed by atoms with Crippen molar-refractivity contribution in [1.82, 2.24) is 4.90 Å². The molecule has 2 atom stereocenters. The van der Waals surface area contributed by atoms with Crippen molar-refractivity contribution in [1.29, 1.82) is 0 Å². The first-order valence-electron chi connectivity index (χ1n) is 7.85. The molecule has 0 N–H and O–H groups in total. The van der Waals surface area contributed by atoms with Crippen LogP contribution in [0.2, 0.25) is 0 Å². The van der Waals surface area contributed by atoms with Crippen molar-refractivity contribution < 1.29 is 12.8 Å². The number of benzene rings is 1. The Balaban J connectivity index is 1.87. The van der Waals surface area contributed by atoms with Crippen LogP contribution in [0.3, 0.4) is 0 Å². The average molecular weight is 332 g/mol. The molecule has 2 aliphatic heterocycles. The molecule has 0 bridgehead atoms. The maximum absolute atomic E-state index is 13.1. The van der Waals surface area contributed by atoms with Gasteiger partial charge in [-0.1, -0.05) is 17.7 Å². The Morgan fingerprint density at radius 2 is 2.09 bits per heavy atom. The zero-order valence-corrected chi connectivity index (χ0v) is 14.1. The normalized spacial score (nSPS) is 24.5. The van der Waals surface area contributed by atoms with Gasteiger partial charge < -0.3 is 9.32 Å². The summed E-state index contributed by atoms with van der Waals surface area (Å²) in [7, 11) is -1.57. The van der Waals surface area contributed by atoms with Gasteiger partial charge in [-0.25, -0.2) is 0 Å². The number of fused-ring (bicyclic) bond motifs is 3. The van der Waals surface area contributed by atoms with E-state index in [0.717, 1.165) is 36.3 Å². The number of sulfonamides is 1. The van der Waals surface area contributed by atoms with Crippen LogP contribution in [-0.2, 0) is 10.0 Å². The SMILES string of the molecule is Cc1ccc2c(c1)[C@@H]1CN(C)CC[C@@H]1N2S(=O)(=O)c1ccco1. The molecule has 2 aliphatic rings. The Bertz CT molecular complexity index is 830. The van der Waals surface area contributed by atoms with Crippen molar-refractivity contribution in [2.45, 2.75) is 30.4 Å². The van der Waals surface area contributed by atoms with E-state index in [4.69, 9.17) is 4.42 Å². The van der Waals surface area contributed by atoms with Crippen LogP contribution in [0.4, 0.5) is 5.69 Å². The molecule has 6 heteroatoms. The minimum absolute atomic E-state index is 0.0172. The number of hydrogen-bond acceptors (Lipinski definition) is 4. The molecule has 1 fully saturated rings. The Kier molecular flexibility index (Phi) is 3.28. The van der Waals surface area contributed by atoms with Crippen molar-refractivity contribution in [3.05, 3.63) is 47.7 Å². The van der Waals surface area contributed by atoms with Gasteiger partial charge in [0.1, 0.15) is 0 Å². The fraction of sp³-hybridized carbons (Fsp3) is 0.412. The molecule has 1 aromatic heterocycles. The minimum Gasteiger partial charge on any atom is -0.451 e. The zero-order chi connectivity index (χ0) is 16.2. The number of aryl methyl sites for hydroxylation is 1. The zero-order valence-electron chi connectivity index (χ0n) is 13.3. The van der Waals surface area contributed by atoms with E-state index < -0.39 is 10.0 Å². The van der Waals surface area contributed by atoms with Crippen molar-refractivity contribution in [2.75, 3.05) is 24.4 Å². The number of anilines is 1. The number of furan rings is 1. The van der Waals surface area contributed by atoms with Crippen molar-refractivity contribution in [3.8, 4) is 0 Å². The van der Waals surface area contributed by atoms with Gasteiger partial charge in [0.05, 0.1) is 18.0 Å². The fourth-order valence-electron chi connectivity index (χ4n) is 3.85. The summed E-state index contributed by atoms with van der Waals surface area (Å²) >= 11 is 0. The largest absolute Gasteiger partial charge is 0.451 e. The Morgan fingerprint density at radius 1 is 1.26 bits per heavy atom. The number of rotatable bonds is 2. The first-order valence-corrected chi connectivity index (χ1v) is 9.29. The smallest absolute Gasteiger partial charge is 0.298 e. The second-order valence-electron chi connectivity index (χ2n) is 6.52. The molecule has 5 nitrogen and oxygen atoms in total. The van der Waals surface area contributed by atoms with Crippen LogP contribution >= 0.6 is 0 Å². The second kappa shape index (κ2) is 5.11. The van der Waals surface area contributed by atoms with E-state index in [1.54, 1.807) is 10.4 Å². The number of hydrogen-bond donors (Lipinski definition) is 0. The van der Waals surface area contributed by atoms with Gasteiger partial charge in [0.15, 0.2) is 0 Å². The van der Waals surface area contributed by atoms with E-state index in [1.165, 1.54) is 12.3 Å². The highest BCUT2D eigenvalue weighted by atomic mass is 32.2. The second-order valence-corrected chi connectivity index (χ2v) is 8.27. The van der Waals surface area contributed by atoms with Crippen LogP contribution in [0.25, 0.3) is 0 Å². The van der Waals surface area contributed by atoms with E-state index in [9.17, 15) is 8.42 Å². The molecule has 1 saturated heterocycles. The summed E-state index contributed by atoms with van der Waals surface area (Å²) in [5, 5.41) is 0.0172. The van der Waals surface area contributed by atoms with E-state index >= 15 is 0 Å². The highest BCUT2D eigenvalue weighted by molar-refractivity contribution is 7.92. The summed E-state index contributed by atoms with van der Waals surface area (Å²) in [6.07, 6.45) is 2.24. The van der Waals surface area contributed by atoms with Crippen molar-refractivity contribution in [2.24, 2.45) is 0 Å². The maximum atomic E-state index is 13.1. The van der Waals surface area contributed by atoms with Crippen LogP contribution in [0, 0.1) is 6.92 Å². The van der Waals surface area contributed by atoms with Gasteiger partial charge in [0, 0.05) is 12.5 Å². The third-order valence-electron chi connectivity index (χ3n) is 4.91. The molecule has 1 aromatic carbocycles. The Hall–Kier alpha value is -1.79. The van der Waals surface area contributed by atoms with Gasteiger partial charge in [0.2, 0.25) is 5.09 Å². The molecule has 0 radical (unpaired) electrons. The molecule has 3 heterocycles. The number of nitrogens with zero attached hydrogens (tertiary/aromatic N) is 2. The van der Waals surface area contributed by atoms with E-state index in [1.807, 2.05) is 19.1 Å². The molecule has 23 heavy (non-hydrogen) atoms. The molecule has 2 aromatic rings. The van der Waals surface area contributed by atoms with Crippen LogP contribution < -0.4 is 4.31 Å². The van der Waals surface area contributed by atoms with E-state index in [0.29, 0.717) is 0 Å². The van der Waals surface area contributed by atoms with Gasteiger partial charge in [-0.15, -0.1) is 0 Å². The van der Waals surface area contributed by atoms with Gasteiger partial charge >= 0.3 is 0 Å². The van der Waals surface area contributed by atoms with Gasteiger partial charge in [0.25, 0.3) is 10.0 Å². The summed E-state index contributed by atoms with van der Waals surface area (Å²) in [4.78, 5) is 2.27. The highest BCUT2D eigenvalue weighted by Crippen LogP contribution is 2.47. The molecule has 0 saturated carbocycles. The predicted molar refractivity (Wildman–Crippen MR) is 88.2 cm³/mol. The van der Waals surface area contributed by atoms with Crippen LogP contribution in [0.15, 0.2) is 46.1 Å². The lowest BCUT2D eigenvalue weighted by Crippen LogP contribution is -2.46. The molecule has 0 spiro atoms. The highest BCUT2D eigenvalue weighted by Gasteiger charge is 2.47. The number of piperidine rings is 1. The number of likely N-dealkylation sites (N-methyl/N-ethyl adjacent to an activating group) is 1. The quantitative estimate of drug-likeness (QED) is 0.848. The first kappa shape index (κ1) is 14.8.